The predicted molar refractivity (Wildman–Crippen MR) is 61.5 cm³/mol. The summed E-state index contributed by atoms with van der Waals surface area (Å²) < 4.78 is 4.95. The molecule has 0 aromatic carbocycles. The number of unbranched alkanes of at least 4 members (excludes halogenated alkanes) is 2. The van der Waals surface area contributed by atoms with Gasteiger partial charge in [-0.3, -0.25) is 0 Å². The van der Waals surface area contributed by atoms with Crippen molar-refractivity contribution >= 4 is 11.2 Å². The topological polar surface area (TPSA) is 63.7 Å². The lowest BCUT2D eigenvalue weighted by Crippen LogP contribution is -1.90. The van der Waals surface area contributed by atoms with Crippen LogP contribution in [0.3, 0.4) is 0 Å². The Kier molecular flexibility index (Phi) is 3.34. The molecule has 2 heterocycles. The Balaban J connectivity index is 2.16. The van der Waals surface area contributed by atoms with Crippen LogP contribution < -0.4 is 4.74 Å². The minimum Gasteiger partial charge on any atom is -0.467 e. The molecular weight excluding hydrogens is 204 g/mol. The summed E-state index contributed by atoms with van der Waals surface area (Å²) in [6.45, 7) is 2.19. The van der Waals surface area contributed by atoms with Crippen molar-refractivity contribution < 1.29 is 4.74 Å². The predicted octanol–water partition coefficient (Wildman–Crippen LogP) is 2.09. The molecule has 2 aromatic rings. The van der Waals surface area contributed by atoms with Crippen molar-refractivity contribution in [3.63, 3.8) is 0 Å². The molecular formula is C11H16N4O. The molecule has 0 amide bonds. The van der Waals surface area contributed by atoms with Crippen LogP contribution in [-0.4, -0.2) is 27.0 Å². The molecule has 1 N–H and O–H groups in total. The largest absolute Gasteiger partial charge is 0.467 e. The average Bonchev–Trinajstić information content (AvgIpc) is 2.70. The maximum absolute atomic E-state index is 4.95. The molecule has 2 rings (SSSR count). The van der Waals surface area contributed by atoms with Crippen molar-refractivity contribution in [2.75, 3.05) is 7.11 Å². The van der Waals surface area contributed by atoms with E-state index in [1.807, 2.05) is 0 Å². The molecule has 0 fully saturated rings. The Morgan fingerprint density at radius 3 is 2.94 bits per heavy atom. The van der Waals surface area contributed by atoms with Gasteiger partial charge in [-0.2, -0.15) is 4.98 Å². The van der Waals surface area contributed by atoms with Gasteiger partial charge in [0.05, 0.1) is 13.3 Å². The molecule has 0 unspecified atom stereocenters. The van der Waals surface area contributed by atoms with Crippen LogP contribution in [0.5, 0.6) is 6.01 Å². The first-order valence-electron chi connectivity index (χ1n) is 5.59. The maximum atomic E-state index is 4.95. The van der Waals surface area contributed by atoms with Crippen molar-refractivity contribution in [1.29, 1.82) is 0 Å². The molecule has 5 nitrogen and oxygen atoms in total. The van der Waals surface area contributed by atoms with Crippen molar-refractivity contribution in [3.8, 4) is 6.01 Å². The number of methoxy groups -OCH3 is 1. The highest BCUT2D eigenvalue weighted by molar-refractivity contribution is 5.69. The summed E-state index contributed by atoms with van der Waals surface area (Å²) in [5.41, 5.74) is 1.55. The minimum atomic E-state index is 0.360. The molecule has 0 aliphatic heterocycles. The van der Waals surface area contributed by atoms with Gasteiger partial charge in [0, 0.05) is 6.42 Å². The number of aromatic nitrogens is 4. The van der Waals surface area contributed by atoms with Gasteiger partial charge in [0.15, 0.2) is 5.65 Å². The number of imidazole rings is 1. The number of ether oxygens (including phenoxy) is 1. The number of nitrogens with one attached hydrogen (secondary N) is 1. The second-order valence-electron chi connectivity index (χ2n) is 3.73. The van der Waals surface area contributed by atoms with Gasteiger partial charge >= 0.3 is 6.01 Å². The second kappa shape index (κ2) is 4.92. The van der Waals surface area contributed by atoms with E-state index in [2.05, 4.69) is 26.9 Å². The molecule has 5 heteroatoms. The molecule has 0 spiro atoms. The van der Waals surface area contributed by atoms with Crippen LogP contribution in [0, 0.1) is 0 Å². The quantitative estimate of drug-likeness (QED) is 0.784. The number of aromatic amines is 1. The number of nitrogens with zero attached hydrogens (tertiary/aromatic N) is 3. The van der Waals surface area contributed by atoms with Crippen LogP contribution in [0.25, 0.3) is 11.2 Å². The lowest BCUT2D eigenvalue weighted by atomic mass is 10.2. The standard InChI is InChI=1S/C11H16N4O/c1-3-4-5-6-9-13-8-7-12-11(16-2)15-10(8)14-9/h7H,3-6H2,1-2H3,(H,12,13,14,15). The molecule has 0 aliphatic rings. The van der Waals surface area contributed by atoms with Crippen LogP contribution in [0.4, 0.5) is 0 Å². The van der Waals surface area contributed by atoms with Crippen LogP contribution in [0.15, 0.2) is 6.20 Å². The molecule has 0 bridgehead atoms. The Morgan fingerprint density at radius 1 is 1.31 bits per heavy atom. The van der Waals surface area contributed by atoms with Gasteiger partial charge in [-0.25, -0.2) is 9.97 Å². The lowest BCUT2D eigenvalue weighted by Gasteiger charge is -1.93. The Hall–Kier alpha value is -1.65. The lowest BCUT2D eigenvalue weighted by molar-refractivity contribution is 0.381. The zero-order valence-corrected chi connectivity index (χ0v) is 9.66. The van der Waals surface area contributed by atoms with E-state index in [1.54, 1.807) is 13.3 Å². The Morgan fingerprint density at radius 2 is 2.19 bits per heavy atom. The summed E-state index contributed by atoms with van der Waals surface area (Å²) in [5.74, 6) is 0.978. The van der Waals surface area contributed by atoms with E-state index in [9.17, 15) is 0 Å². The number of hydrogen-bond donors (Lipinski definition) is 1. The van der Waals surface area contributed by atoms with Gasteiger partial charge in [-0.05, 0) is 6.42 Å². The van der Waals surface area contributed by atoms with Gasteiger partial charge in [-0.1, -0.05) is 19.8 Å². The third-order valence-corrected chi connectivity index (χ3v) is 2.47. The number of aryl methyl sites for hydroxylation is 1. The highest BCUT2D eigenvalue weighted by atomic mass is 16.5. The van der Waals surface area contributed by atoms with Crippen LogP contribution in [-0.2, 0) is 6.42 Å². The van der Waals surface area contributed by atoms with Crippen molar-refractivity contribution in [1.82, 2.24) is 19.9 Å². The van der Waals surface area contributed by atoms with E-state index in [-0.39, 0.29) is 0 Å². The summed E-state index contributed by atoms with van der Waals surface area (Å²) in [6, 6.07) is 0.360. The summed E-state index contributed by atoms with van der Waals surface area (Å²) in [4.78, 5) is 15.8. The summed E-state index contributed by atoms with van der Waals surface area (Å²) in [6.07, 6.45) is 6.27. The van der Waals surface area contributed by atoms with Gasteiger partial charge in [0.25, 0.3) is 0 Å². The van der Waals surface area contributed by atoms with Gasteiger partial charge in [-0.15, -0.1) is 0 Å². The van der Waals surface area contributed by atoms with Gasteiger partial charge in [0.1, 0.15) is 11.3 Å². The molecule has 0 atom stereocenters. The fourth-order valence-electron chi connectivity index (χ4n) is 1.60. The molecule has 16 heavy (non-hydrogen) atoms. The third-order valence-electron chi connectivity index (χ3n) is 2.47. The minimum absolute atomic E-state index is 0.360. The number of H-pyrrole nitrogens is 1. The van der Waals surface area contributed by atoms with E-state index >= 15 is 0 Å². The van der Waals surface area contributed by atoms with E-state index in [0.29, 0.717) is 11.7 Å². The maximum Gasteiger partial charge on any atom is 0.318 e. The van der Waals surface area contributed by atoms with Crippen LogP contribution in [0.2, 0.25) is 0 Å². The average molecular weight is 220 g/mol. The highest BCUT2D eigenvalue weighted by Gasteiger charge is 2.05. The zero-order valence-electron chi connectivity index (χ0n) is 9.66. The summed E-state index contributed by atoms with van der Waals surface area (Å²) >= 11 is 0. The Labute approximate surface area is 94.3 Å². The van der Waals surface area contributed by atoms with Crippen molar-refractivity contribution in [3.05, 3.63) is 12.0 Å². The van der Waals surface area contributed by atoms with Gasteiger partial charge in [0.2, 0.25) is 0 Å². The smallest absolute Gasteiger partial charge is 0.318 e. The summed E-state index contributed by atoms with van der Waals surface area (Å²) in [7, 11) is 1.55. The van der Waals surface area contributed by atoms with Crippen LogP contribution >= 0.6 is 0 Å². The van der Waals surface area contributed by atoms with E-state index in [1.165, 1.54) is 12.8 Å². The van der Waals surface area contributed by atoms with Crippen LogP contribution in [0.1, 0.15) is 32.0 Å². The summed E-state index contributed by atoms with van der Waals surface area (Å²) in [5, 5.41) is 0. The third kappa shape index (κ3) is 2.29. The molecule has 0 aliphatic carbocycles. The van der Waals surface area contributed by atoms with Gasteiger partial charge < -0.3 is 9.72 Å². The number of rotatable bonds is 5. The van der Waals surface area contributed by atoms with Crippen molar-refractivity contribution in [2.45, 2.75) is 32.6 Å². The number of hydrogen-bond acceptors (Lipinski definition) is 4. The molecule has 0 saturated heterocycles. The fourth-order valence-corrected chi connectivity index (χ4v) is 1.60. The Bertz CT molecular complexity index is 466. The zero-order chi connectivity index (χ0) is 11.4. The molecule has 0 saturated carbocycles. The highest BCUT2D eigenvalue weighted by Crippen LogP contribution is 2.12. The van der Waals surface area contributed by atoms with E-state index in [4.69, 9.17) is 4.74 Å². The fraction of sp³-hybridized carbons (Fsp3) is 0.545. The first kappa shape index (κ1) is 10.9. The van der Waals surface area contributed by atoms with E-state index < -0.39 is 0 Å². The normalized spacial score (nSPS) is 10.9. The second-order valence-corrected chi connectivity index (χ2v) is 3.73. The molecule has 86 valence electrons. The van der Waals surface area contributed by atoms with E-state index in [0.717, 1.165) is 24.2 Å². The van der Waals surface area contributed by atoms with Crippen molar-refractivity contribution in [2.24, 2.45) is 0 Å². The number of fused-ring (bicyclic) bond motifs is 1. The first-order chi connectivity index (χ1) is 7.83. The monoisotopic (exact) mass is 220 g/mol. The SMILES string of the molecule is CCCCCc1nc2nc(OC)ncc2[nH]1. The molecule has 0 radical (unpaired) electrons. The molecule has 2 aromatic heterocycles. The first-order valence-corrected chi connectivity index (χ1v) is 5.59.